The summed E-state index contributed by atoms with van der Waals surface area (Å²) in [5.41, 5.74) is 0.782. The fraction of sp³-hybridized carbons (Fsp3) is 0.400. The van der Waals surface area contributed by atoms with Crippen molar-refractivity contribution in [3.05, 3.63) is 35.9 Å². The van der Waals surface area contributed by atoms with Crippen LogP contribution < -0.4 is 29.6 Å². The third kappa shape index (κ3) is 4.12. The van der Waals surface area contributed by atoms with Gasteiger partial charge in [-0.15, -0.1) is 0 Å². The summed E-state index contributed by atoms with van der Waals surface area (Å²) >= 11 is -2.70. The fourth-order valence-electron chi connectivity index (χ4n) is 2.02. The summed E-state index contributed by atoms with van der Waals surface area (Å²) in [6.07, 6.45) is -0.819. The van der Waals surface area contributed by atoms with Gasteiger partial charge in [0.2, 0.25) is 0 Å². The maximum atomic E-state index is 11.5. The molecule has 0 aliphatic carbocycles. The molecule has 5 nitrogen and oxygen atoms in total. The molecule has 0 amide bonds. The minimum absolute atomic E-state index is 0. The van der Waals surface area contributed by atoms with Gasteiger partial charge in [0.1, 0.15) is 0 Å². The van der Waals surface area contributed by atoms with Gasteiger partial charge in [-0.25, -0.2) is 12.6 Å². The van der Waals surface area contributed by atoms with Gasteiger partial charge < -0.3 is 4.55 Å². The first-order chi connectivity index (χ1) is 7.98. The minimum Gasteiger partial charge on any atom is -0.750 e. The molecule has 0 radical (unpaired) electrons. The zero-order chi connectivity index (χ0) is 12.5. The molecule has 18 heavy (non-hydrogen) atoms. The molecule has 0 aromatic heterocycles. The normalized spacial score (nSPS) is 27.4. The summed E-state index contributed by atoms with van der Waals surface area (Å²) in [6, 6.07) is 8.93. The third-order valence-corrected chi connectivity index (χ3v) is 4.84. The summed E-state index contributed by atoms with van der Waals surface area (Å²) in [5, 5.41) is 0. The molecule has 1 aromatic rings. The van der Waals surface area contributed by atoms with Gasteiger partial charge in [-0.1, -0.05) is 30.3 Å². The molecular weight excluding hydrogens is 287 g/mol. The van der Waals surface area contributed by atoms with E-state index in [1.54, 1.807) is 24.3 Å². The van der Waals surface area contributed by atoms with Crippen LogP contribution in [0.2, 0.25) is 0 Å². The second-order valence-corrected chi connectivity index (χ2v) is 6.69. The average Bonchev–Trinajstić information content (AvgIpc) is 2.54. The van der Waals surface area contributed by atoms with Gasteiger partial charge in [-0.2, -0.15) is 0 Å². The number of hydrogen-bond donors (Lipinski definition) is 0. The molecule has 1 aromatic carbocycles. The van der Waals surface area contributed by atoms with Crippen LogP contribution in [0.5, 0.6) is 0 Å². The zero-order valence-electron chi connectivity index (χ0n) is 9.81. The van der Waals surface area contributed by atoms with Gasteiger partial charge in [0, 0.05) is 5.92 Å². The Hall–Kier alpha value is 0.240. The van der Waals surface area contributed by atoms with Crippen LogP contribution in [0.25, 0.3) is 0 Å². The number of benzene rings is 1. The largest absolute Gasteiger partial charge is 1.00 e. The Labute approximate surface area is 131 Å². The summed E-state index contributed by atoms with van der Waals surface area (Å²) in [5.74, 6) is -0.738. The van der Waals surface area contributed by atoms with E-state index in [2.05, 4.69) is 4.18 Å². The average molecular weight is 298 g/mol. The van der Waals surface area contributed by atoms with Crippen molar-refractivity contribution in [2.75, 3.05) is 11.5 Å². The van der Waals surface area contributed by atoms with Crippen molar-refractivity contribution < 1.29 is 50.9 Å². The Kier molecular flexibility index (Phi) is 5.98. The van der Waals surface area contributed by atoms with Crippen molar-refractivity contribution in [2.24, 2.45) is 0 Å². The van der Waals surface area contributed by atoms with Gasteiger partial charge >= 0.3 is 29.6 Å². The van der Waals surface area contributed by atoms with Gasteiger partial charge in [-0.3, -0.25) is 4.18 Å². The standard InChI is InChI=1S/C10H12O5S2.Na/c11-16(12)15-10-7-17(13,14)6-9(10)8-4-2-1-3-5-8;/h1-5,9-10H,6-7H2,(H,11,12);/q;+1/p-1. The van der Waals surface area contributed by atoms with E-state index in [1.807, 2.05) is 6.07 Å². The molecule has 0 spiro atoms. The molecule has 1 fully saturated rings. The van der Waals surface area contributed by atoms with Crippen molar-refractivity contribution in [2.45, 2.75) is 12.0 Å². The maximum Gasteiger partial charge on any atom is 1.00 e. The van der Waals surface area contributed by atoms with Crippen molar-refractivity contribution in [1.82, 2.24) is 0 Å². The topological polar surface area (TPSA) is 83.5 Å². The Morgan fingerprint density at radius 2 is 1.83 bits per heavy atom. The molecule has 1 heterocycles. The van der Waals surface area contributed by atoms with E-state index >= 15 is 0 Å². The maximum absolute atomic E-state index is 11.5. The van der Waals surface area contributed by atoms with Gasteiger partial charge in [-0.05, 0) is 5.56 Å². The van der Waals surface area contributed by atoms with Crippen LogP contribution >= 0.6 is 0 Å². The molecular formula is C10H11NaO5S2. The second kappa shape index (κ2) is 6.60. The Morgan fingerprint density at radius 3 is 2.39 bits per heavy atom. The predicted octanol–water partition coefficient (Wildman–Crippen LogP) is -2.62. The molecule has 1 saturated heterocycles. The van der Waals surface area contributed by atoms with Crippen molar-refractivity contribution >= 4 is 21.2 Å². The molecule has 1 aliphatic rings. The van der Waals surface area contributed by atoms with Crippen molar-refractivity contribution in [1.29, 1.82) is 0 Å². The zero-order valence-corrected chi connectivity index (χ0v) is 13.4. The Morgan fingerprint density at radius 1 is 1.22 bits per heavy atom. The van der Waals surface area contributed by atoms with Crippen molar-refractivity contribution in [3.8, 4) is 0 Å². The number of rotatable bonds is 3. The summed E-state index contributed by atoms with van der Waals surface area (Å²) in [4.78, 5) is 0. The number of hydrogen-bond acceptors (Lipinski definition) is 5. The minimum atomic E-state index is -3.24. The summed E-state index contributed by atoms with van der Waals surface area (Å²) < 4.78 is 48.8. The number of sulfone groups is 1. The van der Waals surface area contributed by atoms with E-state index in [4.69, 9.17) is 0 Å². The smallest absolute Gasteiger partial charge is 0.750 e. The fourth-order valence-corrected chi connectivity index (χ4v) is 4.40. The van der Waals surface area contributed by atoms with Crippen LogP contribution in [0.4, 0.5) is 0 Å². The summed E-state index contributed by atoms with van der Waals surface area (Å²) in [6.45, 7) is 0. The molecule has 3 unspecified atom stereocenters. The molecule has 8 heteroatoms. The molecule has 1 aliphatic heterocycles. The van der Waals surface area contributed by atoms with Crippen LogP contribution in [0.15, 0.2) is 30.3 Å². The third-order valence-electron chi connectivity index (χ3n) is 2.73. The van der Waals surface area contributed by atoms with Crippen LogP contribution in [0.3, 0.4) is 0 Å². The van der Waals surface area contributed by atoms with E-state index in [1.165, 1.54) is 0 Å². The molecule has 2 rings (SSSR count). The first kappa shape index (κ1) is 16.3. The van der Waals surface area contributed by atoms with E-state index in [-0.39, 0.29) is 41.1 Å². The first-order valence-corrected chi connectivity index (χ1v) is 7.82. The van der Waals surface area contributed by atoms with E-state index in [0.717, 1.165) is 5.56 Å². The molecule has 94 valence electrons. The first-order valence-electron chi connectivity index (χ1n) is 5.00. The van der Waals surface area contributed by atoms with E-state index in [0.29, 0.717) is 0 Å². The summed E-state index contributed by atoms with van der Waals surface area (Å²) in [7, 11) is -3.24. The molecule has 0 N–H and O–H groups in total. The van der Waals surface area contributed by atoms with Crippen molar-refractivity contribution in [3.63, 3.8) is 0 Å². The van der Waals surface area contributed by atoms with Gasteiger partial charge in [0.25, 0.3) is 0 Å². The van der Waals surface area contributed by atoms with E-state index < -0.39 is 33.2 Å². The quantitative estimate of drug-likeness (QED) is 0.451. The van der Waals surface area contributed by atoms with Crippen LogP contribution in [-0.2, 0) is 25.4 Å². The monoisotopic (exact) mass is 298 g/mol. The SMILES string of the molecule is O=S([O-])OC1CS(=O)(=O)CC1c1ccccc1.[Na+]. The predicted molar refractivity (Wildman–Crippen MR) is 61.6 cm³/mol. The molecule has 0 bridgehead atoms. The van der Waals surface area contributed by atoms with E-state index in [9.17, 15) is 17.2 Å². The van der Waals surface area contributed by atoms with Gasteiger partial charge in [0.15, 0.2) is 9.84 Å². The Bertz CT molecular complexity index is 516. The molecule has 0 saturated carbocycles. The van der Waals surface area contributed by atoms with Crippen LogP contribution in [0.1, 0.15) is 11.5 Å². The van der Waals surface area contributed by atoms with Crippen LogP contribution in [0, 0.1) is 0 Å². The second-order valence-electron chi connectivity index (χ2n) is 3.93. The Balaban J connectivity index is 0.00000162. The molecule has 3 atom stereocenters. The van der Waals surface area contributed by atoms with Crippen LogP contribution in [-0.4, -0.2) is 34.8 Å². The van der Waals surface area contributed by atoms with Gasteiger partial charge in [0.05, 0.1) is 29.0 Å².